The lowest BCUT2D eigenvalue weighted by atomic mass is 10.1. The summed E-state index contributed by atoms with van der Waals surface area (Å²) in [5.41, 5.74) is 7.57. The number of nitrogens with one attached hydrogen (secondary N) is 1. The second-order valence-electron chi connectivity index (χ2n) is 4.13. The first-order chi connectivity index (χ1) is 8.13. The highest BCUT2D eigenvalue weighted by Gasteiger charge is 2.06. The molecular formula is C13H20N2O2. The summed E-state index contributed by atoms with van der Waals surface area (Å²) >= 11 is 0. The highest BCUT2D eigenvalue weighted by atomic mass is 16.5. The summed E-state index contributed by atoms with van der Waals surface area (Å²) in [6.07, 6.45) is 0.714. The smallest absolute Gasteiger partial charge is 0.251 e. The van der Waals surface area contributed by atoms with Crippen molar-refractivity contribution in [1.82, 2.24) is 5.32 Å². The van der Waals surface area contributed by atoms with Crippen LogP contribution in [0.1, 0.15) is 22.3 Å². The Balaban J connectivity index is 2.32. The Morgan fingerprint density at radius 1 is 1.41 bits per heavy atom. The third-order valence-corrected chi connectivity index (χ3v) is 2.50. The Labute approximate surface area is 102 Å². The molecule has 0 spiro atoms. The van der Waals surface area contributed by atoms with Crippen molar-refractivity contribution >= 4 is 5.91 Å². The van der Waals surface area contributed by atoms with Gasteiger partial charge < -0.3 is 15.8 Å². The molecule has 0 radical (unpaired) electrons. The van der Waals surface area contributed by atoms with E-state index in [9.17, 15) is 4.79 Å². The van der Waals surface area contributed by atoms with Crippen molar-refractivity contribution in [2.24, 2.45) is 5.73 Å². The monoisotopic (exact) mass is 236 g/mol. The van der Waals surface area contributed by atoms with Gasteiger partial charge in [0, 0.05) is 25.3 Å². The number of benzene rings is 1. The average Bonchev–Trinajstić information content (AvgIpc) is 2.30. The largest absolute Gasteiger partial charge is 0.383 e. The molecule has 0 aliphatic heterocycles. The minimum Gasteiger partial charge on any atom is -0.383 e. The zero-order valence-corrected chi connectivity index (χ0v) is 10.4. The fourth-order valence-electron chi connectivity index (χ4n) is 1.48. The molecule has 0 aliphatic rings. The van der Waals surface area contributed by atoms with E-state index in [1.807, 2.05) is 31.2 Å². The number of aryl methyl sites for hydroxylation is 1. The van der Waals surface area contributed by atoms with Gasteiger partial charge in [0.1, 0.15) is 0 Å². The predicted octanol–water partition coefficient (Wildman–Crippen LogP) is 1.09. The minimum absolute atomic E-state index is 0.0293. The summed E-state index contributed by atoms with van der Waals surface area (Å²) in [7, 11) is 1.62. The van der Waals surface area contributed by atoms with E-state index in [1.165, 1.54) is 0 Å². The van der Waals surface area contributed by atoms with Crippen LogP contribution < -0.4 is 11.1 Å². The standard InChI is InChI=1S/C13H20N2O2/c1-10-3-5-11(6-4-10)13(16)15-8-7-12(14)9-17-2/h3-6,12H,7-9,14H2,1-2H3,(H,15,16). The molecule has 1 unspecified atom stereocenters. The molecule has 0 heterocycles. The molecule has 1 rings (SSSR count). The first kappa shape index (κ1) is 13.7. The first-order valence-electron chi connectivity index (χ1n) is 5.73. The van der Waals surface area contributed by atoms with Crippen LogP contribution in [0.2, 0.25) is 0 Å². The van der Waals surface area contributed by atoms with Crippen LogP contribution in [-0.2, 0) is 4.74 Å². The second kappa shape index (κ2) is 7.04. The topological polar surface area (TPSA) is 64.3 Å². The maximum Gasteiger partial charge on any atom is 0.251 e. The molecule has 1 aromatic carbocycles. The number of ether oxygens (including phenoxy) is 1. The fraction of sp³-hybridized carbons (Fsp3) is 0.462. The van der Waals surface area contributed by atoms with Crippen molar-refractivity contribution in [3.63, 3.8) is 0 Å². The molecule has 1 aromatic rings. The molecular weight excluding hydrogens is 216 g/mol. The number of carbonyl (C=O) groups excluding carboxylic acids is 1. The number of rotatable bonds is 6. The lowest BCUT2D eigenvalue weighted by molar-refractivity contribution is 0.0950. The average molecular weight is 236 g/mol. The lowest BCUT2D eigenvalue weighted by Gasteiger charge is -2.11. The van der Waals surface area contributed by atoms with Crippen LogP contribution in [0.15, 0.2) is 24.3 Å². The summed E-state index contributed by atoms with van der Waals surface area (Å²) in [6.45, 7) is 3.07. The molecule has 4 nitrogen and oxygen atoms in total. The molecule has 1 atom stereocenters. The van der Waals surface area contributed by atoms with E-state index in [0.717, 1.165) is 5.56 Å². The van der Waals surface area contributed by atoms with Gasteiger partial charge in [-0.05, 0) is 25.5 Å². The van der Waals surface area contributed by atoms with Crippen LogP contribution in [0, 0.1) is 6.92 Å². The van der Waals surface area contributed by atoms with Crippen molar-refractivity contribution in [2.75, 3.05) is 20.3 Å². The maximum atomic E-state index is 11.7. The van der Waals surface area contributed by atoms with Crippen molar-refractivity contribution in [1.29, 1.82) is 0 Å². The predicted molar refractivity (Wildman–Crippen MR) is 68.0 cm³/mol. The summed E-state index contributed by atoms with van der Waals surface area (Å²) in [6, 6.07) is 7.45. The van der Waals surface area contributed by atoms with Gasteiger partial charge >= 0.3 is 0 Å². The van der Waals surface area contributed by atoms with Crippen LogP contribution >= 0.6 is 0 Å². The molecule has 0 bridgehead atoms. The number of amides is 1. The number of methoxy groups -OCH3 is 1. The van der Waals surface area contributed by atoms with Crippen molar-refractivity contribution in [3.05, 3.63) is 35.4 Å². The molecule has 3 N–H and O–H groups in total. The van der Waals surface area contributed by atoms with E-state index in [4.69, 9.17) is 10.5 Å². The molecule has 0 aromatic heterocycles. The molecule has 4 heteroatoms. The molecule has 0 fully saturated rings. The van der Waals surface area contributed by atoms with Crippen molar-refractivity contribution < 1.29 is 9.53 Å². The zero-order chi connectivity index (χ0) is 12.7. The Hall–Kier alpha value is -1.39. The van der Waals surface area contributed by atoms with Crippen LogP contribution in [-0.4, -0.2) is 32.2 Å². The van der Waals surface area contributed by atoms with E-state index >= 15 is 0 Å². The molecule has 94 valence electrons. The van der Waals surface area contributed by atoms with Gasteiger partial charge in [0.15, 0.2) is 0 Å². The third kappa shape index (κ3) is 4.97. The lowest BCUT2D eigenvalue weighted by Crippen LogP contribution is -2.32. The Kier molecular flexibility index (Phi) is 5.66. The van der Waals surface area contributed by atoms with Gasteiger partial charge in [-0.25, -0.2) is 0 Å². The molecule has 1 amide bonds. The number of nitrogens with two attached hydrogens (primary N) is 1. The van der Waals surface area contributed by atoms with Gasteiger partial charge in [0.05, 0.1) is 6.61 Å². The van der Waals surface area contributed by atoms with Gasteiger partial charge in [-0.2, -0.15) is 0 Å². The quantitative estimate of drug-likeness (QED) is 0.777. The van der Waals surface area contributed by atoms with Gasteiger partial charge in [0.25, 0.3) is 5.91 Å². The van der Waals surface area contributed by atoms with Gasteiger partial charge in [-0.15, -0.1) is 0 Å². The second-order valence-corrected chi connectivity index (χ2v) is 4.13. The zero-order valence-electron chi connectivity index (χ0n) is 10.4. The van der Waals surface area contributed by atoms with Crippen molar-refractivity contribution in [3.8, 4) is 0 Å². The van der Waals surface area contributed by atoms with Crippen LogP contribution in [0.5, 0.6) is 0 Å². The molecule has 0 aliphatic carbocycles. The van der Waals surface area contributed by atoms with Gasteiger partial charge in [-0.1, -0.05) is 17.7 Å². The fourth-order valence-corrected chi connectivity index (χ4v) is 1.48. The third-order valence-electron chi connectivity index (χ3n) is 2.50. The SMILES string of the molecule is COCC(N)CCNC(=O)c1ccc(C)cc1. The molecule has 0 saturated carbocycles. The van der Waals surface area contributed by atoms with Crippen molar-refractivity contribution in [2.45, 2.75) is 19.4 Å². The van der Waals surface area contributed by atoms with Gasteiger partial charge in [-0.3, -0.25) is 4.79 Å². The number of hydrogen-bond acceptors (Lipinski definition) is 3. The van der Waals surface area contributed by atoms with E-state index in [0.29, 0.717) is 25.1 Å². The first-order valence-corrected chi connectivity index (χ1v) is 5.73. The Morgan fingerprint density at radius 2 is 2.06 bits per heavy atom. The molecule has 0 saturated heterocycles. The number of hydrogen-bond donors (Lipinski definition) is 2. The van der Waals surface area contributed by atoms with E-state index in [-0.39, 0.29) is 11.9 Å². The highest BCUT2D eigenvalue weighted by Crippen LogP contribution is 2.02. The van der Waals surface area contributed by atoms with Gasteiger partial charge in [0.2, 0.25) is 0 Å². The Morgan fingerprint density at radius 3 is 2.65 bits per heavy atom. The van der Waals surface area contributed by atoms with E-state index in [1.54, 1.807) is 7.11 Å². The van der Waals surface area contributed by atoms with E-state index < -0.39 is 0 Å². The minimum atomic E-state index is -0.0605. The summed E-state index contributed by atoms with van der Waals surface area (Å²) in [5.74, 6) is -0.0605. The summed E-state index contributed by atoms with van der Waals surface area (Å²) < 4.78 is 4.92. The molecule has 17 heavy (non-hydrogen) atoms. The normalized spacial score (nSPS) is 12.2. The highest BCUT2D eigenvalue weighted by molar-refractivity contribution is 5.94. The Bertz CT molecular complexity index is 349. The number of carbonyl (C=O) groups is 1. The van der Waals surface area contributed by atoms with Crippen LogP contribution in [0.3, 0.4) is 0 Å². The van der Waals surface area contributed by atoms with Crippen LogP contribution in [0.25, 0.3) is 0 Å². The summed E-state index contributed by atoms with van der Waals surface area (Å²) in [4.78, 5) is 11.7. The summed E-state index contributed by atoms with van der Waals surface area (Å²) in [5, 5.41) is 2.83. The van der Waals surface area contributed by atoms with E-state index in [2.05, 4.69) is 5.32 Å². The maximum absolute atomic E-state index is 11.7. The van der Waals surface area contributed by atoms with Crippen LogP contribution in [0.4, 0.5) is 0 Å².